The predicted octanol–water partition coefficient (Wildman–Crippen LogP) is 2.37. The first-order chi connectivity index (χ1) is 9.47. The van der Waals surface area contributed by atoms with E-state index in [-0.39, 0.29) is 28.8 Å². The van der Waals surface area contributed by atoms with Crippen molar-refractivity contribution in [2.75, 3.05) is 0 Å². The first kappa shape index (κ1) is 13.5. The van der Waals surface area contributed by atoms with Crippen molar-refractivity contribution in [3.8, 4) is 11.6 Å². The van der Waals surface area contributed by atoms with Crippen LogP contribution in [-0.2, 0) is 0 Å². The van der Waals surface area contributed by atoms with Crippen molar-refractivity contribution in [3.63, 3.8) is 0 Å². The molecule has 0 atom stereocenters. The van der Waals surface area contributed by atoms with Crippen LogP contribution in [0.3, 0.4) is 0 Å². The summed E-state index contributed by atoms with van der Waals surface area (Å²) in [6, 6.07) is 9.27. The lowest BCUT2D eigenvalue weighted by atomic mass is 10.2. The number of nitrogens with one attached hydrogen (secondary N) is 1. The highest BCUT2D eigenvalue weighted by atomic mass is 16.6. The Morgan fingerprint density at radius 2 is 2.15 bits per heavy atom. The van der Waals surface area contributed by atoms with E-state index in [1.807, 2.05) is 0 Å². The molecule has 0 radical (unpaired) electrons. The van der Waals surface area contributed by atoms with Crippen molar-refractivity contribution in [3.05, 3.63) is 57.8 Å². The third kappa shape index (κ3) is 2.89. The van der Waals surface area contributed by atoms with Gasteiger partial charge in [0.1, 0.15) is 11.5 Å². The number of benzene rings is 1. The number of nitrogens with two attached hydrogens (primary N) is 1. The Hall–Kier alpha value is -2.96. The molecule has 0 aliphatic heterocycles. The minimum absolute atomic E-state index is 0.100. The van der Waals surface area contributed by atoms with Crippen molar-refractivity contribution in [1.29, 1.82) is 5.41 Å². The van der Waals surface area contributed by atoms with Crippen LogP contribution in [0, 0.1) is 22.4 Å². The molecule has 7 nitrogen and oxygen atoms in total. The van der Waals surface area contributed by atoms with Gasteiger partial charge in [-0.3, -0.25) is 15.5 Å². The van der Waals surface area contributed by atoms with Gasteiger partial charge in [0.15, 0.2) is 0 Å². The van der Waals surface area contributed by atoms with Gasteiger partial charge in [-0.1, -0.05) is 12.1 Å². The van der Waals surface area contributed by atoms with E-state index in [4.69, 9.17) is 15.9 Å². The minimum Gasteiger partial charge on any atom is -0.432 e. The fourth-order valence-electron chi connectivity index (χ4n) is 1.59. The lowest BCUT2D eigenvalue weighted by Gasteiger charge is -2.07. The first-order valence-electron chi connectivity index (χ1n) is 5.71. The Bertz CT molecular complexity index is 685. The molecule has 0 saturated heterocycles. The van der Waals surface area contributed by atoms with Crippen LogP contribution < -0.4 is 10.5 Å². The molecular formula is C13H12N4O3. The van der Waals surface area contributed by atoms with E-state index < -0.39 is 4.92 Å². The standard InChI is InChI=1S/C13H12N4O3/c1-8-5-6-10(17(18)19)11(7-8)20-12-4-2-3-9(16-12)13(14)15/h2-7H,1H3,(H3,14,15). The van der Waals surface area contributed by atoms with E-state index in [9.17, 15) is 10.1 Å². The molecule has 2 rings (SSSR count). The maximum Gasteiger partial charge on any atom is 0.311 e. The lowest BCUT2D eigenvalue weighted by molar-refractivity contribution is -0.385. The van der Waals surface area contributed by atoms with Gasteiger partial charge in [-0.05, 0) is 24.6 Å². The van der Waals surface area contributed by atoms with E-state index in [1.165, 1.54) is 6.07 Å². The molecule has 0 bridgehead atoms. The van der Waals surface area contributed by atoms with E-state index in [2.05, 4.69) is 4.98 Å². The molecule has 0 aliphatic carbocycles. The second-order valence-corrected chi connectivity index (χ2v) is 4.11. The number of amidine groups is 1. The first-order valence-corrected chi connectivity index (χ1v) is 5.71. The summed E-state index contributed by atoms with van der Waals surface area (Å²) in [7, 11) is 0. The fourth-order valence-corrected chi connectivity index (χ4v) is 1.59. The van der Waals surface area contributed by atoms with Gasteiger partial charge in [-0.2, -0.15) is 0 Å². The van der Waals surface area contributed by atoms with Gasteiger partial charge in [0, 0.05) is 12.1 Å². The number of rotatable bonds is 4. The number of nitrogens with zero attached hydrogens (tertiary/aromatic N) is 2. The number of hydrogen-bond donors (Lipinski definition) is 2. The number of nitro benzene ring substituents is 1. The molecule has 0 unspecified atom stereocenters. The average molecular weight is 272 g/mol. The summed E-state index contributed by atoms with van der Waals surface area (Å²) >= 11 is 0. The van der Waals surface area contributed by atoms with Crippen LogP contribution in [0.2, 0.25) is 0 Å². The summed E-state index contributed by atoms with van der Waals surface area (Å²) in [5.41, 5.74) is 6.26. The smallest absolute Gasteiger partial charge is 0.311 e. The summed E-state index contributed by atoms with van der Waals surface area (Å²) in [4.78, 5) is 14.4. The molecule has 3 N–H and O–H groups in total. The maximum atomic E-state index is 10.9. The van der Waals surface area contributed by atoms with Crippen LogP contribution in [0.1, 0.15) is 11.3 Å². The average Bonchev–Trinajstić information content (AvgIpc) is 2.38. The second-order valence-electron chi connectivity index (χ2n) is 4.11. The summed E-state index contributed by atoms with van der Waals surface area (Å²) in [6.45, 7) is 1.80. The number of pyridine rings is 1. The van der Waals surface area contributed by atoms with E-state index in [1.54, 1.807) is 37.3 Å². The van der Waals surface area contributed by atoms with E-state index in [0.717, 1.165) is 5.56 Å². The SMILES string of the molecule is Cc1ccc([N+](=O)[O-])c(Oc2cccc(C(=N)N)n2)c1. The van der Waals surface area contributed by atoms with Gasteiger partial charge in [-0.25, -0.2) is 4.98 Å². The van der Waals surface area contributed by atoms with Crippen LogP contribution in [0.5, 0.6) is 11.6 Å². The molecule has 0 spiro atoms. The molecule has 20 heavy (non-hydrogen) atoms. The molecule has 0 fully saturated rings. The molecule has 1 aromatic carbocycles. The van der Waals surface area contributed by atoms with Gasteiger partial charge >= 0.3 is 5.69 Å². The quantitative estimate of drug-likeness (QED) is 0.383. The third-order valence-electron chi connectivity index (χ3n) is 2.53. The van der Waals surface area contributed by atoms with Crippen molar-refractivity contribution in [2.45, 2.75) is 6.92 Å². The van der Waals surface area contributed by atoms with Crippen molar-refractivity contribution in [2.24, 2.45) is 5.73 Å². The number of nitro groups is 1. The van der Waals surface area contributed by atoms with E-state index >= 15 is 0 Å². The number of ether oxygens (including phenoxy) is 1. The molecule has 102 valence electrons. The summed E-state index contributed by atoms with van der Waals surface area (Å²) in [5.74, 6) is 0.0452. The Morgan fingerprint density at radius 1 is 1.40 bits per heavy atom. The highest BCUT2D eigenvalue weighted by Crippen LogP contribution is 2.31. The van der Waals surface area contributed by atoms with Crippen molar-refractivity contribution < 1.29 is 9.66 Å². The summed E-state index contributed by atoms with van der Waals surface area (Å²) < 4.78 is 5.44. The number of aryl methyl sites for hydroxylation is 1. The van der Waals surface area contributed by atoms with Gasteiger partial charge in [-0.15, -0.1) is 0 Å². The molecule has 1 heterocycles. The Balaban J connectivity index is 2.39. The van der Waals surface area contributed by atoms with Crippen LogP contribution in [-0.4, -0.2) is 15.7 Å². The van der Waals surface area contributed by atoms with Gasteiger partial charge in [0.05, 0.1) is 4.92 Å². The van der Waals surface area contributed by atoms with E-state index in [0.29, 0.717) is 0 Å². The molecule has 0 saturated carbocycles. The fraction of sp³-hybridized carbons (Fsp3) is 0.0769. The monoisotopic (exact) mass is 272 g/mol. The zero-order valence-electron chi connectivity index (χ0n) is 10.7. The minimum atomic E-state index is -0.524. The highest BCUT2D eigenvalue weighted by molar-refractivity contribution is 5.93. The molecule has 0 aliphatic rings. The maximum absolute atomic E-state index is 10.9. The lowest BCUT2D eigenvalue weighted by Crippen LogP contribution is -2.13. The summed E-state index contributed by atoms with van der Waals surface area (Å²) in [6.07, 6.45) is 0. The highest BCUT2D eigenvalue weighted by Gasteiger charge is 2.16. The predicted molar refractivity (Wildman–Crippen MR) is 73.2 cm³/mol. The van der Waals surface area contributed by atoms with Crippen LogP contribution in [0.4, 0.5) is 5.69 Å². The van der Waals surface area contributed by atoms with Crippen LogP contribution in [0.15, 0.2) is 36.4 Å². The topological polar surface area (TPSA) is 115 Å². The zero-order chi connectivity index (χ0) is 14.7. The Labute approximate surface area is 114 Å². The largest absolute Gasteiger partial charge is 0.432 e. The Morgan fingerprint density at radius 3 is 2.80 bits per heavy atom. The Kier molecular flexibility index (Phi) is 3.60. The zero-order valence-corrected chi connectivity index (χ0v) is 10.7. The van der Waals surface area contributed by atoms with Gasteiger partial charge in [0.25, 0.3) is 0 Å². The molecule has 1 aromatic heterocycles. The normalized spacial score (nSPS) is 10.1. The van der Waals surface area contributed by atoms with Gasteiger partial charge < -0.3 is 10.5 Å². The van der Waals surface area contributed by atoms with Crippen molar-refractivity contribution >= 4 is 11.5 Å². The number of nitrogen functional groups attached to an aromatic ring is 1. The van der Waals surface area contributed by atoms with Crippen LogP contribution >= 0.6 is 0 Å². The molecule has 7 heteroatoms. The number of hydrogen-bond acceptors (Lipinski definition) is 5. The third-order valence-corrected chi connectivity index (χ3v) is 2.53. The number of aromatic nitrogens is 1. The molecule has 0 amide bonds. The molecule has 2 aromatic rings. The second kappa shape index (κ2) is 5.35. The van der Waals surface area contributed by atoms with Gasteiger partial charge in [0.2, 0.25) is 11.6 Å². The van der Waals surface area contributed by atoms with Crippen molar-refractivity contribution in [1.82, 2.24) is 4.98 Å². The molecular weight excluding hydrogens is 260 g/mol. The summed E-state index contributed by atoms with van der Waals surface area (Å²) in [5, 5.41) is 18.3. The van der Waals surface area contributed by atoms with Crippen LogP contribution in [0.25, 0.3) is 0 Å².